The summed E-state index contributed by atoms with van der Waals surface area (Å²) in [5.41, 5.74) is 0. The molecule has 0 radical (unpaired) electrons. The predicted molar refractivity (Wildman–Crippen MR) is 90.0 cm³/mol. The summed E-state index contributed by atoms with van der Waals surface area (Å²) < 4.78 is 0. The minimum atomic E-state index is 0.627. The highest BCUT2D eigenvalue weighted by molar-refractivity contribution is 5.49. The number of aromatic nitrogens is 2. The van der Waals surface area contributed by atoms with E-state index in [4.69, 9.17) is 4.98 Å². The third-order valence-electron chi connectivity index (χ3n) is 4.74. The highest BCUT2D eigenvalue weighted by Gasteiger charge is 2.24. The van der Waals surface area contributed by atoms with Crippen molar-refractivity contribution in [1.29, 1.82) is 0 Å². The first kappa shape index (κ1) is 16.1. The molecule has 1 fully saturated rings. The van der Waals surface area contributed by atoms with Crippen molar-refractivity contribution >= 4 is 11.6 Å². The highest BCUT2D eigenvalue weighted by Crippen LogP contribution is 2.31. The molecule has 0 bridgehead atoms. The number of anilines is 2. The first-order chi connectivity index (χ1) is 10.2. The van der Waals surface area contributed by atoms with E-state index >= 15 is 0 Å². The maximum absolute atomic E-state index is 4.72. The molecule has 0 aliphatic heterocycles. The zero-order valence-electron chi connectivity index (χ0n) is 14.0. The smallest absolute Gasteiger partial charge is 0.134 e. The second kappa shape index (κ2) is 7.62. The second-order valence-corrected chi connectivity index (χ2v) is 6.11. The zero-order valence-corrected chi connectivity index (χ0v) is 14.0. The molecule has 118 valence electrons. The fraction of sp³-hybridized carbons (Fsp3) is 0.765. The van der Waals surface area contributed by atoms with Crippen molar-refractivity contribution in [2.75, 3.05) is 23.8 Å². The van der Waals surface area contributed by atoms with Crippen molar-refractivity contribution in [2.45, 2.75) is 65.3 Å². The summed E-state index contributed by atoms with van der Waals surface area (Å²) in [7, 11) is 2.19. The Balaban J connectivity index is 2.10. The fourth-order valence-electron chi connectivity index (χ4n) is 3.22. The van der Waals surface area contributed by atoms with Gasteiger partial charge in [-0.2, -0.15) is 0 Å². The maximum Gasteiger partial charge on any atom is 0.134 e. The number of aryl methyl sites for hydroxylation is 1. The van der Waals surface area contributed by atoms with Crippen LogP contribution in [0.4, 0.5) is 11.6 Å². The maximum atomic E-state index is 4.72. The molecule has 0 unspecified atom stereocenters. The normalized spacial score (nSPS) is 22.1. The van der Waals surface area contributed by atoms with E-state index in [1.165, 1.54) is 32.1 Å². The molecular weight excluding hydrogens is 260 g/mol. The van der Waals surface area contributed by atoms with E-state index in [1.54, 1.807) is 0 Å². The molecule has 4 nitrogen and oxygen atoms in total. The Kier molecular flexibility index (Phi) is 5.83. The van der Waals surface area contributed by atoms with Gasteiger partial charge in [-0.1, -0.05) is 20.3 Å². The molecule has 1 saturated carbocycles. The fourth-order valence-corrected chi connectivity index (χ4v) is 3.22. The largest absolute Gasteiger partial charge is 0.370 e. The molecule has 0 spiro atoms. The van der Waals surface area contributed by atoms with Crippen LogP contribution in [0.3, 0.4) is 0 Å². The van der Waals surface area contributed by atoms with Crippen LogP contribution in [0.2, 0.25) is 0 Å². The molecule has 1 aromatic rings. The lowest BCUT2D eigenvalue weighted by atomic mass is 9.84. The molecule has 1 heterocycles. The number of nitrogens with one attached hydrogen (secondary N) is 1. The van der Waals surface area contributed by atoms with Gasteiger partial charge in [-0.15, -0.1) is 0 Å². The zero-order chi connectivity index (χ0) is 15.2. The van der Waals surface area contributed by atoms with Crippen LogP contribution in [0.25, 0.3) is 0 Å². The number of hydrogen-bond donors (Lipinski definition) is 1. The van der Waals surface area contributed by atoms with E-state index < -0.39 is 0 Å². The van der Waals surface area contributed by atoms with Crippen LogP contribution >= 0.6 is 0 Å². The molecule has 0 saturated heterocycles. The first-order valence-electron chi connectivity index (χ1n) is 8.52. The lowest BCUT2D eigenvalue weighted by molar-refractivity contribution is 0.313. The van der Waals surface area contributed by atoms with Gasteiger partial charge in [0.05, 0.1) is 0 Å². The van der Waals surface area contributed by atoms with Crippen LogP contribution in [0, 0.1) is 5.92 Å². The predicted octanol–water partition coefficient (Wildman–Crippen LogP) is 3.88. The Labute approximate surface area is 129 Å². The minimum Gasteiger partial charge on any atom is -0.370 e. The summed E-state index contributed by atoms with van der Waals surface area (Å²) >= 11 is 0. The standard InChI is InChI=1S/C17H30N4/c1-5-13-8-10-14(11-9-13)21(4)17-12-16(18-7-3)19-15(6-2)20-17/h12-14H,5-11H2,1-4H3,(H,18,19,20). The molecular formula is C17H30N4. The van der Waals surface area contributed by atoms with Crippen LogP contribution in [0.5, 0.6) is 0 Å². The van der Waals surface area contributed by atoms with Gasteiger partial charge in [0.15, 0.2) is 0 Å². The van der Waals surface area contributed by atoms with Crippen molar-refractivity contribution < 1.29 is 0 Å². The number of hydrogen-bond acceptors (Lipinski definition) is 4. The summed E-state index contributed by atoms with van der Waals surface area (Å²) in [6, 6.07) is 2.72. The van der Waals surface area contributed by atoms with E-state index in [2.05, 4.69) is 49.1 Å². The Morgan fingerprint density at radius 1 is 1.14 bits per heavy atom. The average molecular weight is 290 g/mol. The molecule has 4 heteroatoms. The Morgan fingerprint density at radius 3 is 2.43 bits per heavy atom. The Bertz CT molecular complexity index is 438. The molecule has 1 N–H and O–H groups in total. The monoisotopic (exact) mass is 290 g/mol. The van der Waals surface area contributed by atoms with Crippen LogP contribution in [-0.4, -0.2) is 29.6 Å². The average Bonchev–Trinajstić information content (AvgIpc) is 2.54. The highest BCUT2D eigenvalue weighted by atomic mass is 15.2. The molecule has 0 atom stereocenters. The van der Waals surface area contributed by atoms with Crippen molar-refractivity contribution in [2.24, 2.45) is 5.92 Å². The van der Waals surface area contributed by atoms with Crippen LogP contribution in [0.15, 0.2) is 6.07 Å². The van der Waals surface area contributed by atoms with Crippen LogP contribution in [0.1, 0.15) is 58.7 Å². The molecule has 2 rings (SSSR count). The van der Waals surface area contributed by atoms with Crippen molar-refractivity contribution in [1.82, 2.24) is 9.97 Å². The summed E-state index contributed by atoms with van der Waals surface area (Å²) in [6.45, 7) is 7.42. The summed E-state index contributed by atoms with van der Waals surface area (Å²) in [6.07, 6.45) is 7.50. The van der Waals surface area contributed by atoms with Gasteiger partial charge in [-0.05, 0) is 38.5 Å². The van der Waals surface area contributed by atoms with E-state index in [0.29, 0.717) is 6.04 Å². The lowest BCUT2D eigenvalue weighted by Crippen LogP contribution is -2.35. The second-order valence-electron chi connectivity index (χ2n) is 6.11. The third kappa shape index (κ3) is 4.08. The topological polar surface area (TPSA) is 41.0 Å². The molecule has 1 aliphatic carbocycles. The first-order valence-corrected chi connectivity index (χ1v) is 8.52. The Hall–Kier alpha value is -1.32. The lowest BCUT2D eigenvalue weighted by Gasteiger charge is -2.35. The van der Waals surface area contributed by atoms with E-state index in [9.17, 15) is 0 Å². The van der Waals surface area contributed by atoms with Gasteiger partial charge < -0.3 is 10.2 Å². The quantitative estimate of drug-likeness (QED) is 0.863. The van der Waals surface area contributed by atoms with E-state index in [1.807, 2.05) is 0 Å². The van der Waals surface area contributed by atoms with Crippen molar-refractivity contribution in [3.8, 4) is 0 Å². The van der Waals surface area contributed by atoms with Gasteiger partial charge >= 0.3 is 0 Å². The molecule has 0 aromatic carbocycles. The molecule has 1 aromatic heterocycles. The molecule has 1 aliphatic rings. The summed E-state index contributed by atoms with van der Waals surface area (Å²) in [5.74, 6) is 3.88. The summed E-state index contributed by atoms with van der Waals surface area (Å²) in [4.78, 5) is 11.6. The van der Waals surface area contributed by atoms with Gasteiger partial charge in [0.25, 0.3) is 0 Å². The SMILES string of the molecule is CCNc1cc(N(C)C2CCC(CC)CC2)nc(CC)n1. The number of rotatable bonds is 6. The third-order valence-corrected chi connectivity index (χ3v) is 4.74. The van der Waals surface area contributed by atoms with Gasteiger partial charge in [-0.25, -0.2) is 9.97 Å². The molecule has 21 heavy (non-hydrogen) atoms. The van der Waals surface area contributed by atoms with Gasteiger partial charge in [0, 0.05) is 32.1 Å². The summed E-state index contributed by atoms with van der Waals surface area (Å²) in [5, 5.41) is 3.32. The van der Waals surface area contributed by atoms with Gasteiger partial charge in [0.2, 0.25) is 0 Å². The Morgan fingerprint density at radius 2 is 1.86 bits per heavy atom. The van der Waals surface area contributed by atoms with Crippen molar-refractivity contribution in [3.05, 3.63) is 11.9 Å². The number of nitrogens with zero attached hydrogens (tertiary/aromatic N) is 3. The van der Waals surface area contributed by atoms with Crippen LogP contribution in [-0.2, 0) is 6.42 Å². The minimum absolute atomic E-state index is 0.627. The van der Waals surface area contributed by atoms with Gasteiger partial charge in [-0.3, -0.25) is 0 Å². The van der Waals surface area contributed by atoms with E-state index in [0.717, 1.165) is 36.3 Å². The van der Waals surface area contributed by atoms with Gasteiger partial charge in [0.1, 0.15) is 17.5 Å². The van der Waals surface area contributed by atoms with E-state index in [-0.39, 0.29) is 0 Å². The van der Waals surface area contributed by atoms with Crippen LogP contribution < -0.4 is 10.2 Å². The molecule has 0 amide bonds. The van der Waals surface area contributed by atoms with Crippen molar-refractivity contribution in [3.63, 3.8) is 0 Å².